The molecule has 1 aliphatic rings. The molecule has 152 valence electrons. The van der Waals surface area contributed by atoms with Crippen LogP contribution in [0.15, 0.2) is 48.7 Å². The number of pyridine rings is 1. The number of hydrogen-bond acceptors (Lipinski definition) is 5. The largest absolute Gasteiger partial charge is 0.465 e. The summed E-state index contributed by atoms with van der Waals surface area (Å²) in [5.74, 6) is -0.579. The van der Waals surface area contributed by atoms with Crippen LogP contribution in [-0.4, -0.2) is 47.9 Å². The Kier molecular flexibility index (Phi) is 6.94. The second kappa shape index (κ2) is 9.82. The third-order valence-corrected chi connectivity index (χ3v) is 5.08. The van der Waals surface area contributed by atoms with Gasteiger partial charge < -0.3 is 15.0 Å². The number of likely N-dealkylation sites (tertiary alicyclic amines) is 1. The number of carbonyl (C=O) groups excluding carboxylic acids is 3. The molecule has 3 rings (SSSR count). The number of piperidine rings is 1. The Morgan fingerprint density at radius 3 is 2.69 bits per heavy atom. The van der Waals surface area contributed by atoms with E-state index in [1.165, 1.54) is 7.11 Å². The fraction of sp³-hybridized carbons (Fsp3) is 0.364. The fourth-order valence-electron chi connectivity index (χ4n) is 3.35. The van der Waals surface area contributed by atoms with Gasteiger partial charge in [-0.05, 0) is 36.2 Å². The number of amides is 2. The van der Waals surface area contributed by atoms with E-state index in [9.17, 15) is 14.4 Å². The van der Waals surface area contributed by atoms with Crippen molar-refractivity contribution in [2.24, 2.45) is 5.92 Å². The first-order valence-electron chi connectivity index (χ1n) is 9.69. The normalized spacial score (nSPS) is 16.4. The molecule has 0 unspecified atom stereocenters. The summed E-state index contributed by atoms with van der Waals surface area (Å²) in [7, 11) is 1.34. The first kappa shape index (κ1) is 20.5. The summed E-state index contributed by atoms with van der Waals surface area (Å²) in [5, 5.41) is 2.94. The maximum Gasteiger partial charge on any atom is 0.337 e. The summed E-state index contributed by atoms with van der Waals surface area (Å²) >= 11 is 0. The van der Waals surface area contributed by atoms with Gasteiger partial charge in [-0.15, -0.1) is 0 Å². The van der Waals surface area contributed by atoms with Crippen LogP contribution < -0.4 is 5.32 Å². The Bertz CT molecular complexity index is 852. The van der Waals surface area contributed by atoms with Crippen LogP contribution in [-0.2, 0) is 27.3 Å². The molecule has 0 aliphatic carbocycles. The van der Waals surface area contributed by atoms with Crippen LogP contribution in [0.1, 0.15) is 34.5 Å². The van der Waals surface area contributed by atoms with Crippen LogP contribution in [0.4, 0.5) is 0 Å². The number of aromatic nitrogens is 1. The van der Waals surface area contributed by atoms with Crippen molar-refractivity contribution in [3.8, 4) is 0 Å². The maximum atomic E-state index is 12.6. The number of esters is 1. The highest BCUT2D eigenvalue weighted by molar-refractivity contribution is 5.89. The number of hydrogen-bond donors (Lipinski definition) is 1. The van der Waals surface area contributed by atoms with Gasteiger partial charge >= 0.3 is 5.97 Å². The highest BCUT2D eigenvalue weighted by Crippen LogP contribution is 2.18. The fourth-order valence-corrected chi connectivity index (χ4v) is 3.35. The van der Waals surface area contributed by atoms with Crippen molar-refractivity contribution in [1.29, 1.82) is 0 Å². The number of nitrogens with one attached hydrogen (secondary N) is 1. The van der Waals surface area contributed by atoms with Crippen LogP contribution in [0.3, 0.4) is 0 Å². The molecule has 2 aromatic rings. The lowest BCUT2D eigenvalue weighted by Gasteiger charge is -2.32. The topological polar surface area (TPSA) is 88.6 Å². The molecule has 2 amide bonds. The van der Waals surface area contributed by atoms with Gasteiger partial charge in [-0.25, -0.2) is 4.79 Å². The van der Waals surface area contributed by atoms with Crippen LogP contribution in [0, 0.1) is 5.92 Å². The lowest BCUT2D eigenvalue weighted by Crippen LogP contribution is -2.46. The molecule has 1 fully saturated rings. The summed E-state index contributed by atoms with van der Waals surface area (Å²) < 4.78 is 4.68. The number of methoxy groups -OCH3 is 1. The summed E-state index contributed by atoms with van der Waals surface area (Å²) in [6, 6.07) is 12.6. The van der Waals surface area contributed by atoms with Crippen LogP contribution in [0.5, 0.6) is 0 Å². The van der Waals surface area contributed by atoms with Gasteiger partial charge in [0.05, 0.1) is 18.6 Å². The molecular formula is C22H25N3O4. The third kappa shape index (κ3) is 5.63. The van der Waals surface area contributed by atoms with E-state index in [4.69, 9.17) is 0 Å². The van der Waals surface area contributed by atoms with Crippen molar-refractivity contribution in [1.82, 2.24) is 15.2 Å². The van der Waals surface area contributed by atoms with Crippen LogP contribution in [0.2, 0.25) is 0 Å². The first-order chi connectivity index (χ1) is 14.1. The molecule has 0 spiro atoms. The van der Waals surface area contributed by atoms with E-state index < -0.39 is 5.97 Å². The van der Waals surface area contributed by atoms with Gasteiger partial charge in [-0.2, -0.15) is 0 Å². The average molecular weight is 395 g/mol. The molecule has 1 saturated heterocycles. The lowest BCUT2D eigenvalue weighted by molar-refractivity contribution is -0.138. The van der Waals surface area contributed by atoms with E-state index in [1.54, 1.807) is 35.4 Å². The molecular weight excluding hydrogens is 370 g/mol. The summed E-state index contributed by atoms with van der Waals surface area (Å²) in [6.45, 7) is 1.37. The predicted octanol–water partition coefficient (Wildman–Crippen LogP) is 1.97. The summed E-state index contributed by atoms with van der Waals surface area (Å²) in [5.41, 5.74) is 2.30. The van der Waals surface area contributed by atoms with Gasteiger partial charge in [0.1, 0.15) is 0 Å². The second-order valence-electron chi connectivity index (χ2n) is 7.05. The molecule has 1 aromatic heterocycles. The Morgan fingerprint density at radius 1 is 1.21 bits per heavy atom. The van der Waals surface area contributed by atoms with Crippen molar-refractivity contribution in [3.05, 3.63) is 65.5 Å². The summed E-state index contributed by atoms with van der Waals surface area (Å²) in [4.78, 5) is 42.3. The molecule has 1 N–H and O–H groups in total. The molecule has 2 heterocycles. The van der Waals surface area contributed by atoms with E-state index >= 15 is 0 Å². The van der Waals surface area contributed by atoms with Crippen molar-refractivity contribution < 1.29 is 19.1 Å². The number of benzene rings is 1. The zero-order valence-electron chi connectivity index (χ0n) is 16.5. The molecule has 0 radical (unpaired) electrons. The first-order valence-corrected chi connectivity index (χ1v) is 9.69. The van der Waals surface area contributed by atoms with E-state index in [0.717, 1.165) is 11.3 Å². The highest BCUT2D eigenvalue weighted by Gasteiger charge is 2.29. The van der Waals surface area contributed by atoms with E-state index in [-0.39, 0.29) is 17.7 Å². The monoisotopic (exact) mass is 395 g/mol. The molecule has 1 atom stereocenters. The van der Waals surface area contributed by atoms with Crippen LogP contribution in [0.25, 0.3) is 0 Å². The Labute approximate surface area is 170 Å². The number of ether oxygens (including phenoxy) is 1. The van der Waals surface area contributed by atoms with Crippen molar-refractivity contribution >= 4 is 17.8 Å². The third-order valence-electron chi connectivity index (χ3n) is 5.08. The zero-order chi connectivity index (χ0) is 20.6. The van der Waals surface area contributed by atoms with Gasteiger partial charge in [-0.1, -0.05) is 18.2 Å². The second-order valence-corrected chi connectivity index (χ2v) is 7.05. The molecule has 1 aromatic carbocycles. The standard InChI is InChI=1S/C22H25N3O4/c1-29-22(28)17-7-5-16(6-8-17)14-24-21(27)18-9-10-20(26)25(15-18)13-11-19-4-2-3-12-23-19/h2-8,12,18H,9-11,13-15H2,1H3,(H,24,27)/t18-/m0/s1. The Balaban J connectivity index is 1.49. The average Bonchev–Trinajstić information content (AvgIpc) is 2.77. The van der Waals surface area contributed by atoms with Gasteiger partial charge in [0.15, 0.2) is 0 Å². The molecule has 7 nitrogen and oxygen atoms in total. The predicted molar refractivity (Wildman–Crippen MR) is 107 cm³/mol. The zero-order valence-corrected chi connectivity index (χ0v) is 16.5. The minimum atomic E-state index is -0.391. The van der Waals surface area contributed by atoms with Gasteiger partial charge in [0.2, 0.25) is 11.8 Å². The van der Waals surface area contributed by atoms with Gasteiger partial charge in [0.25, 0.3) is 0 Å². The Morgan fingerprint density at radius 2 is 2.00 bits per heavy atom. The molecule has 0 bridgehead atoms. The minimum Gasteiger partial charge on any atom is -0.465 e. The maximum absolute atomic E-state index is 12.6. The lowest BCUT2D eigenvalue weighted by atomic mass is 9.96. The van der Waals surface area contributed by atoms with Crippen molar-refractivity contribution in [2.45, 2.75) is 25.8 Å². The number of carbonyl (C=O) groups is 3. The van der Waals surface area contributed by atoms with Crippen molar-refractivity contribution in [2.75, 3.05) is 20.2 Å². The van der Waals surface area contributed by atoms with Crippen LogP contribution >= 0.6 is 0 Å². The number of nitrogens with zero attached hydrogens (tertiary/aromatic N) is 2. The van der Waals surface area contributed by atoms with Gasteiger partial charge in [-0.3, -0.25) is 14.6 Å². The van der Waals surface area contributed by atoms with E-state index in [2.05, 4.69) is 15.0 Å². The smallest absolute Gasteiger partial charge is 0.337 e. The Hall–Kier alpha value is -3.22. The molecule has 0 saturated carbocycles. The van der Waals surface area contributed by atoms with E-state index in [1.807, 2.05) is 18.2 Å². The van der Waals surface area contributed by atoms with E-state index in [0.29, 0.717) is 44.5 Å². The quantitative estimate of drug-likeness (QED) is 0.724. The molecule has 29 heavy (non-hydrogen) atoms. The SMILES string of the molecule is COC(=O)c1ccc(CNC(=O)[C@H]2CCC(=O)N(CCc3ccccn3)C2)cc1. The highest BCUT2D eigenvalue weighted by atomic mass is 16.5. The minimum absolute atomic E-state index is 0.0580. The van der Waals surface area contributed by atoms with Gasteiger partial charge in [0, 0.05) is 44.4 Å². The van der Waals surface area contributed by atoms with Crippen molar-refractivity contribution in [3.63, 3.8) is 0 Å². The molecule has 1 aliphatic heterocycles. The summed E-state index contributed by atoms with van der Waals surface area (Å²) in [6.07, 6.45) is 3.36. The molecule has 7 heteroatoms. The number of rotatable bonds is 7.